The molecule has 7 aromatic rings. The number of rotatable bonds is 6. The molecule has 1 fully saturated rings. The van der Waals surface area contributed by atoms with E-state index in [2.05, 4.69) is 64.6 Å². The summed E-state index contributed by atoms with van der Waals surface area (Å²) in [6, 6.07) is 21.6. The van der Waals surface area contributed by atoms with Crippen LogP contribution in [0, 0.1) is 11.8 Å². The van der Waals surface area contributed by atoms with Gasteiger partial charge in [0.15, 0.2) is 0 Å². The molecule has 2 N–H and O–H groups in total. The minimum absolute atomic E-state index is 0.0520. The number of fused-ring (bicyclic) bond motifs is 3. The summed E-state index contributed by atoms with van der Waals surface area (Å²) in [5.74, 6) is 4.83. The zero-order valence-corrected chi connectivity index (χ0v) is 31.1. The Bertz CT molecular complexity index is 2850. The van der Waals surface area contributed by atoms with Gasteiger partial charge in [0.05, 0.1) is 40.4 Å². The number of imidazole rings is 1. The Morgan fingerprint density at radius 3 is 2.51 bits per heavy atom. The van der Waals surface area contributed by atoms with Crippen LogP contribution in [0.15, 0.2) is 83.9 Å². The Hall–Kier alpha value is -6.87. The standard InChI is InChI=1S/C43H38N8O4/c1-24(2)31-19-28(21-37-40(31)50(4)43(55)49(37)3)29-10-6-9-26-20-35(46-23-33(26)29)27-12-14-34(45-22-27)42(54)44-17-7-8-25-11-15-36-32(18-25)39(48-51(36)5)30-13-16-38(52)47-41(30)53/h6,9-12,14-15,18-24,30H,13,16-17H2,1-5H3,(H,44,54)(H,47,52,53). The van der Waals surface area contributed by atoms with Gasteiger partial charge in [-0.15, -0.1) is 0 Å². The first kappa shape index (κ1) is 35.2. The second kappa shape index (κ2) is 13.8. The number of imide groups is 1. The first-order valence-electron chi connectivity index (χ1n) is 18.1. The predicted octanol–water partition coefficient (Wildman–Crippen LogP) is 5.47. The van der Waals surface area contributed by atoms with E-state index in [1.165, 1.54) is 0 Å². The Kier molecular flexibility index (Phi) is 8.85. The maximum Gasteiger partial charge on any atom is 0.328 e. The Morgan fingerprint density at radius 2 is 1.75 bits per heavy atom. The number of pyridine rings is 2. The lowest BCUT2D eigenvalue weighted by Gasteiger charge is -2.19. The van der Waals surface area contributed by atoms with Crippen molar-refractivity contribution in [3.63, 3.8) is 0 Å². The van der Waals surface area contributed by atoms with Crippen molar-refractivity contribution in [2.24, 2.45) is 21.1 Å². The summed E-state index contributed by atoms with van der Waals surface area (Å²) in [5.41, 5.74) is 8.89. The highest BCUT2D eigenvalue weighted by Gasteiger charge is 2.31. The number of hydrogen-bond donors (Lipinski definition) is 2. The van der Waals surface area contributed by atoms with E-state index in [4.69, 9.17) is 4.98 Å². The van der Waals surface area contributed by atoms with Gasteiger partial charge in [-0.25, -0.2) is 4.79 Å². The van der Waals surface area contributed by atoms with Gasteiger partial charge in [0.25, 0.3) is 5.91 Å². The molecule has 3 amide bonds. The number of amides is 3. The topological polar surface area (TPSA) is 146 Å². The van der Waals surface area contributed by atoms with Crippen LogP contribution in [0.5, 0.6) is 0 Å². The first-order valence-corrected chi connectivity index (χ1v) is 18.1. The number of nitrogens with zero attached hydrogens (tertiary/aromatic N) is 6. The third kappa shape index (κ3) is 6.33. The number of benzene rings is 3. The fourth-order valence-corrected chi connectivity index (χ4v) is 7.49. The number of piperidine rings is 1. The van der Waals surface area contributed by atoms with Crippen LogP contribution in [0.2, 0.25) is 0 Å². The van der Waals surface area contributed by atoms with E-state index in [1.54, 1.807) is 26.1 Å². The third-order valence-corrected chi connectivity index (χ3v) is 10.4. The van der Waals surface area contributed by atoms with E-state index in [1.807, 2.05) is 69.8 Å². The van der Waals surface area contributed by atoms with E-state index in [0.717, 1.165) is 60.7 Å². The van der Waals surface area contributed by atoms with E-state index in [0.29, 0.717) is 17.7 Å². The Morgan fingerprint density at radius 1 is 0.909 bits per heavy atom. The second-order valence-electron chi connectivity index (χ2n) is 14.2. The van der Waals surface area contributed by atoms with Crippen molar-refractivity contribution in [3.8, 4) is 34.2 Å². The van der Waals surface area contributed by atoms with Crippen molar-refractivity contribution in [1.29, 1.82) is 0 Å². The van der Waals surface area contributed by atoms with Crippen LogP contribution in [-0.4, -0.2) is 53.1 Å². The number of nitrogens with one attached hydrogen (secondary N) is 2. The van der Waals surface area contributed by atoms with Crippen LogP contribution < -0.4 is 16.3 Å². The molecule has 0 spiro atoms. The highest BCUT2D eigenvalue weighted by Crippen LogP contribution is 2.36. The lowest BCUT2D eigenvalue weighted by Crippen LogP contribution is -2.39. The van der Waals surface area contributed by atoms with E-state index in [-0.39, 0.29) is 48.0 Å². The SMILES string of the molecule is CC(C)c1cc(-c2cccc3cc(-c4ccc(C(=O)NCC#Cc5ccc6c(c5)c(C5CCC(=O)NC5=O)nn6C)nc4)ncc23)cc2c1n(C)c(=O)n2C. The van der Waals surface area contributed by atoms with Gasteiger partial charge in [-0.3, -0.25) is 43.5 Å². The third-order valence-electron chi connectivity index (χ3n) is 10.4. The summed E-state index contributed by atoms with van der Waals surface area (Å²) in [6.45, 7) is 4.38. The molecule has 8 rings (SSSR count). The molecular formula is C43H38N8O4. The monoisotopic (exact) mass is 730 g/mol. The van der Waals surface area contributed by atoms with Crippen molar-refractivity contribution in [3.05, 3.63) is 112 Å². The van der Waals surface area contributed by atoms with Crippen molar-refractivity contribution >= 4 is 50.4 Å². The first-order chi connectivity index (χ1) is 26.5. The molecule has 1 saturated heterocycles. The van der Waals surface area contributed by atoms with Crippen LogP contribution in [0.1, 0.15) is 65.8 Å². The average Bonchev–Trinajstić information content (AvgIpc) is 3.62. The molecule has 1 aliphatic heterocycles. The molecule has 1 atom stereocenters. The zero-order chi connectivity index (χ0) is 38.5. The van der Waals surface area contributed by atoms with Gasteiger partial charge in [0, 0.05) is 61.9 Å². The van der Waals surface area contributed by atoms with Crippen LogP contribution >= 0.6 is 0 Å². The maximum atomic E-state index is 12.9. The molecule has 55 heavy (non-hydrogen) atoms. The molecule has 0 bridgehead atoms. The van der Waals surface area contributed by atoms with Gasteiger partial charge < -0.3 is 5.32 Å². The summed E-state index contributed by atoms with van der Waals surface area (Å²) in [7, 11) is 5.44. The largest absolute Gasteiger partial charge is 0.340 e. The second-order valence-corrected chi connectivity index (χ2v) is 14.2. The zero-order valence-electron chi connectivity index (χ0n) is 31.1. The van der Waals surface area contributed by atoms with E-state index in [9.17, 15) is 19.2 Å². The van der Waals surface area contributed by atoms with Crippen molar-refractivity contribution in [1.82, 2.24) is 39.5 Å². The molecule has 1 unspecified atom stereocenters. The highest BCUT2D eigenvalue weighted by atomic mass is 16.2. The lowest BCUT2D eigenvalue weighted by molar-refractivity contribution is -0.134. The quantitative estimate of drug-likeness (QED) is 0.171. The molecule has 5 heterocycles. The predicted molar refractivity (Wildman–Crippen MR) is 211 cm³/mol. The summed E-state index contributed by atoms with van der Waals surface area (Å²) in [5, 5.41) is 12.6. The van der Waals surface area contributed by atoms with Gasteiger partial charge in [0.2, 0.25) is 11.8 Å². The molecule has 1 aliphatic rings. The minimum atomic E-state index is -0.508. The number of aromatic nitrogens is 6. The van der Waals surface area contributed by atoms with Gasteiger partial charge >= 0.3 is 5.69 Å². The number of hydrogen-bond acceptors (Lipinski definition) is 7. The maximum absolute atomic E-state index is 12.9. The van der Waals surface area contributed by atoms with E-state index >= 15 is 0 Å². The number of carbonyl (C=O) groups is 3. The van der Waals surface area contributed by atoms with Crippen LogP contribution in [0.25, 0.3) is 55.1 Å². The molecule has 4 aromatic heterocycles. The summed E-state index contributed by atoms with van der Waals surface area (Å²) < 4.78 is 5.14. The highest BCUT2D eigenvalue weighted by molar-refractivity contribution is 6.03. The minimum Gasteiger partial charge on any atom is -0.340 e. The summed E-state index contributed by atoms with van der Waals surface area (Å²) in [6.07, 6.45) is 4.18. The van der Waals surface area contributed by atoms with Crippen LogP contribution in [-0.2, 0) is 30.7 Å². The van der Waals surface area contributed by atoms with Gasteiger partial charge in [-0.2, -0.15) is 5.10 Å². The van der Waals surface area contributed by atoms with Crippen molar-refractivity contribution in [2.45, 2.75) is 38.5 Å². The van der Waals surface area contributed by atoms with E-state index < -0.39 is 5.92 Å². The molecule has 12 heteroatoms. The number of carbonyl (C=O) groups excluding carboxylic acids is 3. The molecular weight excluding hydrogens is 693 g/mol. The normalized spacial score (nSPS) is 14.4. The van der Waals surface area contributed by atoms with Gasteiger partial charge in [0.1, 0.15) is 5.69 Å². The van der Waals surface area contributed by atoms with Crippen LogP contribution in [0.4, 0.5) is 0 Å². The van der Waals surface area contributed by atoms with Gasteiger partial charge in [-0.1, -0.05) is 43.9 Å². The summed E-state index contributed by atoms with van der Waals surface area (Å²) >= 11 is 0. The summed E-state index contributed by atoms with van der Waals surface area (Å²) in [4.78, 5) is 59.2. The Labute approximate surface area is 316 Å². The number of aryl methyl sites for hydroxylation is 3. The Balaban J connectivity index is 0.972. The van der Waals surface area contributed by atoms with Crippen molar-refractivity contribution in [2.75, 3.05) is 6.54 Å². The average molecular weight is 731 g/mol. The molecule has 0 saturated carbocycles. The molecule has 0 aliphatic carbocycles. The fraction of sp³-hybridized carbons (Fsp3) is 0.233. The molecule has 12 nitrogen and oxygen atoms in total. The molecule has 274 valence electrons. The van der Waals surface area contributed by atoms with Crippen molar-refractivity contribution < 1.29 is 14.4 Å². The smallest absolute Gasteiger partial charge is 0.328 e. The molecule has 3 aromatic carbocycles. The van der Waals surface area contributed by atoms with Crippen LogP contribution in [0.3, 0.4) is 0 Å². The lowest BCUT2D eigenvalue weighted by atomic mass is 9.92. The fourth-order valence-electron chi connectivity index (χ4n) is 7.49. The molecule has 0 radical (unpaired) electrons. The van der Waals surface area contributed by atoms with Gasteiger partial charge in [-0.05, 0) is 82.9 Å².